The van der Waals surface area contributed by atoms with Crippen molar-refractivity contribution in [3.05, 3.63) is 95.1 Å². The highest BCUT2D eigenvalue weighted by Crippen LogP contribution is 2.38. The van der Waals surface area contributed by atoms with E-state index in [1.807, 2.05) is 68.7 Å². The fourth-order valence-corrected chi connectivity index (χ4v) is 5.37. The number of carbonyl (C=O) groups excluding carboxylic acids is 2. The fraction of sp³-hybridized carbons (Fsp3) is 0.312. The second-order valence-electron chi connectivity index (χ2n) is 10.6. The number of fused-ring (bicyclic) bond motifs is 1. The number of nitrogens with one attached hydrogen (secondary N) is 3. The van der Waals surface area contributed by atoms with E-state index in [1.54, 1.807) is 6.07 Å². The van der Waals surface area contributed by atoms with Crippen LogP contribution in [0.5, 0.6) is 0 Å². The second-order valence-corrected chi connectivity index (χ2v) is 10.6. The summed E-state index contributed by atoms with van der Waals surface area (Å²) in [5.74, 6) is 0.275. The highest BCUT2D eigenvalue weighted by Gasteiger charge is 2.29. The van der Waals surface area contributed by atoms with Crippen molar-refractivity contribution in [1.29, 1.82) is 0 Å². The van der Waals surface area contributed by atoms with Gasteiger partial charge in [0.05, 0.1) is 11.3 Å². The summed E-state index contributed by atoms with van der Waals surface area (Å²) in [6.45, 7) is 1.56. The van der Waals surface area contributed by atoms with E-state index >= 15 is 0 Å². The van der Waals surface area contributed by atoms with Gasteiger partial charge in [-0.25, -0.2) is 0 Å². The van der Waals surface area contributed by atoms with Gasteiger partial charge in [0.15, 0.2) is 0 Å². The molecule has 0 bridgehead atoms. The number of hydrogen-bond donors (Lipinski definition) is 3. The molecule has 1 fully saturated rings. The van der Waals surface area contributed by atoms with Gasteiger partial charge < -0.3 is 20.9 Å². The first-order chi connectivity index (χ1) is 18.5. The summed E-state index contributed by atoms with van der Waals surface area (Å²) in [7, 11) is 4.09. The molecule has 1 saturated carbocycles. The van der Waals surface area contributed by atoms with Gasteiger partial charge in [-0.3, -0.25) is 9.59 Å². The first-order valence-electron chi connectivity index (χ1n) is 13.5. The number of nitrogens with zero attached hydrogens (tertiary/aromatic N) is 1. The van der Waals surface area contributed by atoms with Crippen LogP contribution in [0.25, 0.3) is 11.3 Å². The quantitative estimate of drug-likeness (QED) is 0.327. The van der Waals surface area contributed by atoms with Crippen LogP contribution >= 0.6 is 0 Å². The molecule has 5 rings (SSSR count). The Morgan fingerprint density at radius 1 is 0.921 bits per heavy atom. The predicted octanol–water partition coefficient (Wildman–Crippen LogP) is 5.99. The number of hydrogen-bond acceptors (Lipinski definition) is 4. The van der Waals surface area contributed by atoms with Crippen molar-refractivity contribution in [1.82, 2.24) is 10.2 Å². The molecule has 0 saturated heterocycles. The van der Waals surface area contributed by atoms with Gasteiger partial charge >= 0.3 is 0 Å². The normalized spacial score (nSPS) is 16.7. The third-order valence-electron chi connectivity index (χ3n) is 7.34. The van der Waals surface area contributed by atoms with Crippen molar-refractivity contribution >= 4 is 34.5 Å². The van der Waals surface area contributed by atoms with Crippen LogP contribution in [0.4, 0.5) is 11.4 Å². The fourth-order valence-electron chi connectivity index (χ4n) is 5.37. The summed E-state index contributed by atoms with van der Waals surface area (Å²) in [5, 5.41) is 9.63. The molecule has 0 spiro atoms. The molecule has 6 nitrogen and oxygen atoms in total. The van der Waals surface area contributed by atoms with E-state index in [2.05, 4.69) is 33.0 Å². The van der Waals surface area contributed by atoms with Crippen LogP contribution in [-0.2, 0) is 11.3 Å². The monoisotopic (exact) mass is 508 g/mol. The summed E-state index contributed by atoms with van der Waals surface area (Å²) in [6.07, 6.45) is 6.14. The van der Waals surface area contributed by atoms with Crippen LogP contribution in [0.3, 0.4) is 0 Å². The zero-order chi connectivity index (χ0) is 26.5. The minimum Gasteiger partial charge on any atom is -0.354 e. The Balaban J connectivity index is 1.46. The molecular weight excluding hydrogens is 472 g/mol. The molecule has 0 atom stereocenters. The van der Waals surface area contributed by atoms with Gasteiger partial charge in [0, 0.05) is 35.6 Å². The number of benzene rings is 3. The minimum absolute atomic E-state index is 0.0947. The molecule has 38 heavy (non-hydrogen) atoms. The molecule has 1 aliphatic heterocycles. The van der Waals surface area contributed by atoms with Crippen molar-refractivity contribution in [2.75, 3.05) is 31.3 Å². The maximum absolute atomic E-state index is 13.3. The van der Waals surface area contributed by atoms with Crippen LogP contribution in [0, 0.1) is 5.92 Å². The first kappa shape index (κ1) is 25.7. The molecular formula is C32H36N4O2. The van der Waals surface area contributed by atoms with Crippen molar-refractivity contribution in [2.45, 2.75) is 38.6 Å². The minimum atomic E-state index is -0.185. The van der Waals surface area contributed by atoms with E-state index in [-0.39, 0.29) is 11.8 Å². The smallest absolute Gasteiger partial charge is 0.258 e. The highest BCUT2D eigenvalue weighted by molar-refractivity contribution is 6.37. The zero-order valence-electron chi connectivity index (χ0n) is 22.2. The van der Waals surface area contributed by atoms with E-state index in [0.29, 0.717) is 35.0 Å². The molecule has 0 aromatic heterocycles. The summed E-state index contributed by atoms with van der Waals surface area (Å²) in [6, 6.07) is 23.6. The van der Waals surface area contributed by atoms with Crippen LogP contribution < -0.4 is 16.0 Å². The lowest BCUT2D eigenvalue weighted by Crippen LogP contribution is -2.30. The lowest BCUT2D eigenvalue weighted by Gasteiger charge is -2.21. The van der Waals surface area contributed by atoms with Crippen LogP contribution in [0.15, 0.2) is 72.8 Å². The molecule has 1 aliphatic carbocycles. The molecule has 2 aliphatic rings. The van der Waals surface area contributed by atoms with Gasteiger partial charge in [0.1, 0.15) is 0 Å². The Labute approximate surface area is 225 Å². The molecule has 196 valence electrons. The first-order valence-corrected chi connectivity index (χ1v) is 13.5. The third kappa shape index (κ3) is 5.97. The van der Waals surface area contributed by atoms with E-state index < -0.39 is 0 Å². The molecule has 0 unspecified atom stereocenters. The highest BCUT2D eigenvalue weighted by atomic mass is 16.2. The van der Waals surface area contributed by atoms with E-state index in [0.717, 1.165) is 23.4 Å². The van der Waals surface area contributed by atoms with E-state index in [4.69, 9.17) is 0 Å². The Hall–Kier alpha value is -3.90. The lowest BCUT2D eigenvalue weighted by atomic mass is 9.89. The molecule has 0 radical (unpaired) electrons. The number of carbonyl (C=O) groups is 2. The molecule has 3 N–H and O–H groups in total. The van der Waals surface area contributed by atoms with Crippen LogP contribution in [-0.4, -0.2) is 37.4 Å². The van der Waals surface area contributed by atoms with Crippen molar-refractivity contribution in [3.8, 4) is 0 Å². The van der Waals surface area contributed by atoms with Crippen molar-refractivity contribution in [2.24, 2.45) is 5.92 Å². The lowest BCUT2D eigenvalue weighted by molar-refractivity contribution is -0.110. The predicted molar refractivity (Wildman–Crippen MR) is 155 cm³/mol. The molecule has 1 heterocycles. The Bertz CT molecular complexity index is 1320. The topological polar surface area (TPSA) is 73.5 Å². The summed E-state index contributed by atoms with van der Waals surface area (Å²) in [4.78, 5) is 28.5. The third-order valence-corrected chi connectivity index (χ3v) is 7.34. The Morgan fingerprint density at radius 2 is 1.66 bits per heavy atom. The average Bonchev–Trinajstić information content (AvgIpc) is 3.26. The average molecular weight is 509 g/mol. The van der Waals surface area contributed by atoms with Gasteiger partial charge in [0.25, 0.3) is 11.8 Å². The maximum atomic E-state index is 13.3. The summed E-state index contributed by atoms with van der Waals surface area (Å²) < 4.78 is 0. The zero-order valence-corrected chi connectivity index (χ0v) is 22.2. The summed E-state index contributed by atoms with van der Waals surface area (Å²) >= 11 is 0. The Kier molecular flexibility index (Phi) is 7.89. The second kappa shape index (κ2) is 11.7. The standard InChI is InChI=1S/C32H36N4O2/c1-36(2)21-23-13-16-26(17-14-23)34-30(24-11-7-4-8-12-24)29-27-19-25(15-18-28(27)35-32(29)38)31(37)33-20-22-9-5-3-6-10-22/h4,7-8,11-19,22,34H,3,5-6,9-10,20-21H2,1-2H3,(H,33,37)(H,35,38)/b30-29-. The SMILES string of the molecule is CN(C)Cc1ccc(N/C(=C2\C(=O)Nc3ccc(C(=O)NCC4CCCCC4)cc32)c2ccccc2)cc1. The van der Waals surface area contributed by atoms with Gasteiger partial charge in [-0.1, -0.05) is 61.7 Å². The largest absolute Gasteiger partial charge is 0.354 e. The van der Waals surface area contributed by atoms with Gasteiger partial charge in [0.2, 0.25) is 0 Å². The number of amides is 2. The van der Waals surface area contributed by atoms with Crippen LogP contribution in [0.1, 0.15) is 59.2 Å². The molecule has 2 amide bonds. The van der Waals surface area contributed by atoms with Gasteiger partial charge in [-0.05, 0) is 74.3 Å². The van der Waals surface area contributed by atoms with Gasteiger partial charge in [-0.2, -0.15) is 0 Å². The van der Waals surface area contributed by atoms with E-state index in [1.165, 1.54) is 37.7 Å². The maximum Gasteiger partial charge on any atom is 0.258 e. The molecule has 6 heteroatoms. The summed E-state index contributed by atoms with van der Waals surface area (Å²) in [5.41, 5.74) is 6.25. The number of anilines is 2. The molecule has 3 aromatic carbocycles. The van der Waals surface area contributed by atoms with E-state index in [9.17, 15) is 9.59 Å². The van der Waals surface area contributed by atoms with Crippen molar-refractivity contribution < 1.29 is 9.59 Å². The van der Waals surface area contributed by atoms with Crippen LogP contribution in [0.2, 0.25) is 0 Å². The van der Waals surface area contributed by atoms with Gasteiger partial charge in [-0.15, -0.1) is 0 Å². The molecule has 3 aromatic rings. The number of rotatable bonds is 8. The van der Waals surface area contributed by atoms with Crippen molar-refractivity contribution in [3.63, 3.8) is 0 Å². The Morgan fingerprint density at radius 3 is 2.37 bits per heavy atom.